The highest BCUT2D eigenvalue weighted by atomic mass is 15.2. The molecule has 23 heavy (non-hydrogen) atoms. The van der Waals surface area contributed by atoms with Gasteiger partial charge in [-0.2, -0.15) is 4.40 Å². The predicted octanol–water partition coefficient (Wildman–Crippen LogP) is 2.53. The van der Waals surface area contributed by atoms with Crippen molar-refractivity contribution in [1.82, 2.24) is 15.2 Å². The Morgan fingerprint density at radius 2 is 1.43 bits per heavy atom. The van der Waals surface area contributed by atoms with E-state index in [1.165, 1.54) is 0 Å². The van der Waals surface area contributed by atoms with Crippen LogP contribution in [0, 0.1) is 0 Å². The summed E-state index contributed by atoms with van der Waals surface area (Å²) in [6, 6.07) is 21.8. The second-order valence-corrected chi connectivity index (χ2v) is 5.17. The van der Waals surface area contributed by atoms with E-state index >= 15 is 0 Å². The van der Waals surface area contributed by atoms with E-state index in [0.717, 1.165) is 22.5 Å². The molecule has 2 aromatic carbocycles. The first-order valence-electron chi connectivity index (χ1n) is 7.27. The molecule has 0 unspecified atom stereocenters. The molecule has 5 heteroatoms. The van der Waals surface area contributed by atoms with E-state index in [0.29, 0.717) is 11.5 Å². The van der Waals surface area contributed by atoms with Crippen LogP contribution in [0.1, 0.15) is 0 Å². The lowest BCUT2D eigenvalue weighted by atomic mass is 10.0. The van der Waals surface area contributed by atoms with Crippen molar-refractivity contribution in [2.45, 2.75) is 0 Å². The van der Waals surface area contributed by atoms with Crippen LogP contribution in [-0.2, 0) is 0 Å². The highest BCUT2D eigenvalue weighted by Crippen LogP contribution is 2.26. The maximum atomic E-state index is 5.77. The lowest BCUT2D eigenvalue weighted by Gasteiger charge is -2.08. The van der Waals surface area contributed by atoms with Crippen LogP contribution in [0.25, 0.3) is 28.2 Å². The summed E-state index contributed by atoms with van der Waals surface area (Å²) in [6.45, 7) is 0. The fraction of sp³-hybridized carbons (Fsp3) is 0. The molecule has 0 aliphatic carbocycles. The fourth-order valence-electron chi connectivity index (χ4n) is 2.60. The second kappa shape index (κ2) is 5.46. The summed E-state index contributed by atoms with van der Waals surface area (Å²) in [4.78, 5) is 4.20. The van der Waals surface area contributed by atoms with Crippen LogP contribution in [-0.4, -0.2) is 15.2 Å². The van der Waals surface area contributed by atoms with Crippen LogP contribution >= 0.6 is 0 Å². The van der Waals surface area contributed by atoms with E-state index in [4.69, 9.17) is 5.73 Å². The van der Waals surface area contributed by atoms with Gasteiger partial charge in [-0.3, -0.25) is 0 Å². The second-order valence-electron chi connectivity index (χ2n) is 5.17. The third-order valence-corrected chi connectivity index (χ3v) is 3.66. The molecule has 0 saturated carbocycles. The smallest absolute Gasteiger partial charge is 0.298 e. The molecule has 0 spiro atoms. The van der Waals surface area contributed by atoms with E-state index in [9.17, 15) is 0 Å². The lowest BCUT2D eigenvalue weighted by Crippen LogP contribution is -2.29. The maximum Gasteiger partial charge on any atom is 0.298 e. The molecule has 0 atom stereocenters. The molecule has 5 nitrogen and oxygen atoms in total. The van der Waals surface area contributed by atoms with Crippen LogP contribution in [0.2, 0.25) is 0 Å². The molecule has 4 rings (SSSR count). The van der Waals surface area contributed by atoms with E-state index in [1.54, 1.807) is 12.4 Å². The van der Waals surface area contributed by atoms with Gasteiger partial charge in [0.2, 0.25) is 12.1 Å². The minimum absolute atomic E-state index is 0.422. The summed E-state index contributed by atoms with van der Waals surface area (Å²) in [5.74, 6) is 0.422. The van der Waals surface area contributed by atoms with Gasteiger partial charge in [-0.25, -0.2) is 0 Å². The van der Waals surface area contributed by atoms with Crippen LogP contribution in [0.5, 0.6) is 0 Å². The van der Waals surface area contributed by atoms with E-state index < -0.39 is 0 Å². The molecule has 2 N–H and O–H groups in total. The normalized spacial score (nSPS) is 10.8. The van der Waals surface area contributed by atoms with Gasteiger partial charge in [0.25, 0.3) is 5.65 Å². The maximum absolute atomic E-state index is 5.77. The van der Waals surface area contributed by atoms with Gasteiger partial charge in [-0.05, 0) is 0 Å². The number of rotatable bonds is 2. The number of aromatic nitrogens is 4. The first kappa shape index (κ1) is 13.3. The van der Waals surface area contributed by atoms with Crippen LogP contribution in [0.4, 0.5) is 5.82 Å². The molecule has 4 aromatic rings. The Morgan fingerprint density at radius 1 is 0.783 bits per heavy atom. The molecule has 110 valence electrons. The summed E-state index contributed by atoms with van der Waals surface area (Å²) in [5.41, 5.74) is 10.2. The van der Waals surface area contributed by atoms with Gasteiger partial charge < -0.3 is 5.73 Å². The van der Waals surface area contributed by atoms with Gasteiger partial charge in [0.05, 0.1) is 6.07 Å². The number of benzene rings is 2. The molecular formula is C18H14N5+. The predicted molar refractivity (Wildman–Crippen MR) is 88.3 cm³/mol. The van der Waals surface area contributed by atoms with Gasteiger partial charge in [0, 0.05) is 16.2 Å². The molecule has 0 bridgehead atoms. The van der Waals surface area contributed by atoms with Gasteiger partial charge >= 0.3 is 0 Å². The molecular weight excluding hydrogens is 286 g/mol. The molecule has 0 saturated heterocycles. The van der Waals surface area contributed by atoms with Crippen molar-refractivity contribution >= 4 is 11.5 Å². The van der Waals surface area contributed by atoms with Crippen LogP contribution in [0.15, 0.2) is 73.1 Å². The third kappa shape index (κ3) is 2.38. The van der Waals surface area contributed by atoms with Crippen molar-refractivity contribution in [2.75, 3.05) is 5.73 Å². The van der Waals surface area contributed by atoms with Crippen molar-refractivity contribution in [3.05, 3.63) is 73.1 Å². The first-order valence-corrected chi connectivity index (χ1v) is 7.27. The quantitative estimate of drug-likeness (QED) is 0.578. The van der Waals surface area contributed by atoms with Gasteiger partial charge in [-0.15, -0.1) is 0 Å². The molecule has 0 radical (unpaired) electrons. The molecule has 0 fully saturated rings. The highest BCUT2D eigenvalue weighted by Gasteiger charge is 2.19. The standard InChI is InChI=1S/C18H13N5/c19-15-11-16-21-22-17(13-7-3-1-4-8-13)18(23(16)12-20-15)14-9-5-2-6-10-14/h1-12,19H/p+1. The average Bonchev–Trinajstić information content (AvgIpc) is 2.62. The Hall–Kier alpha value is -3.34. The lowest BCUT2D eigenvalue weighted by molar-refractivity contribution is -0.506. The number of hydrogen-bond acceptors (Lipinski definition) is 4. The summed E-state index contributed by atoms with van der Waals surface area (Å²) >= 11 is 0. The molecule has 0 amide bonds. The zero-order valence-corrected chi connectivity index (χ0v) is 12.3. The first-order chi connectivity index (χ1) is 11.3. The largest absolute Gasteiger partial charge is 0.370 e. The van der Waals surface area contributed by atoms with Crippen molar-refractivity contribution in [3.8, 4) is 22.5 Å². The SMILES string of the molecule is Nc1cc2nnc(-c3ccccc3)c(-c3ccccc3)[n+]2cn1. The van der Waals surface area contributed by atoms with E-state index in [-0.39, 0.29) is 0 Å². The van der Waals surface area contributed by atoms with Crippen molar-refractivity contribution in [1.29, 1.82) is 0 Å². The zero-order chi connectivity index (χ0) is 15.6. The van der Waals surface area contributed by atoms with Crippen LogP contribution in [0.3, 0.4) is 0 Å². The van der Waals surface area contributed by atoms with Gasteiger partial charge in [-0.1, -0.05) is 70.7 Å². The van der Waals surface area contributed by atoms with E-state index in [2.05, 4.69) is 15.2 Å². The number of nitrogens with two attached hydrogens (primary N) is 1. The minimum atomic E-state index is 0.422. The molecule has 2 aromatic heterocycles. The van der Waals surface area contributed by atoms with Crippen molar-refractivity contribution in [2.24, 2.45) is 0 Å². The Labute approximate surface area is 133 Å². The molecule has 0 aliphatic rings. The molecule has 2 heterocycles. The Balaban J connectivity index is 2.09. The number of hydrogen-bond donors (Lipinski definition) is 1. The Morgan fingerprint density at radius 3 is 2.13 bits per heavy atom. The topological polar surface area (TPSA) is 68.8 Å². The minimum Gasteiger partial charge on any atom is -0.370 e. The summed E-state index contributed by atoms with van der Waals surface area (Å²) in [6.07, 6.45) is 1.69. The number of fused-ring (bicyclic) bond motifs is 1. The third-order valence-electron chi connectivity index (χ3n) is 3.66. The summed E-state index contributed by atoms with van der Waals surface area (Å²) in [7, 11) is 0. The number of nitrogen functional groups attached to an aromatic ring is 1. The number of anilines is 1. The monoisotopic (exact) mass is 300 g/mol. The summed E-state index contributed by atoms with van der Waals surface area (Å²) < 4.78 is 1.92. The van der Waals surface area contributed by atoms with Gasteiger partial charge in [0.15, 0.2) is 0 Å². The molecule has 0 aliphatic heterocycles. The zero-order valence-electron chi connectivity index (χ0n) is 12.3. The highest BCUT2D eigenvalue weighted by molar-refractivity contribution is 5.75. The average molecular weight is 300 g/mol. The van der Waals surface area contributed by atoms with E-state index in [1.807, 2.05) is 65.1 Å². The number of nitrogens with zero attached hydrogens (tertiary/aromatic N) is 4. The Bertz CT molecular complexity index is 968. The fourth-order valence-corrected chi connectivity index (χ4v) is 2.60. The van der Waals surface area contributed by atoms with Crippen molar-refractivity contribution in [3.63, 3.8) is 0 Å². The van der Waals surface area contributed by atoms with Gasteiger partial charge in [0.1, 0.15) is 11.4 Å². The summed E-state index contributed by atoms with van der Waals surface area (Å²) in [5, 5.41) is 8.74. The van der Waals surface area contributed by atoms with Crippen LogP contribution < -0.4 is 10.1 Å². The Kier molecular flexibility index (Phi) is 3.16. The van der Waals surface area contributed by atoms with Crippen molar-refractivity contribution < 1.29 is 4.40 Å².